The highest BCUT2D eigenvalue weighted by molar-refractivity contribution is 7.18. The van der Waals surface area contributed by atoms with Gasteiger partial charge in [-0.1, -0.05) is 24.2 Å². The van der Waals surface area contributed by atoms with Gasteiger partial charge in [-0.25, -0.2) is 0 Å². The van der Waals surface area contributed by atoms with Crippen LogP contribution in [0, 0.1) is 11.8 Å². The van der Waals surface area contributed by atoms with Gasteiger partial charge in [-0.15, -0.1) is 10.2 Å². The predicted molar refractivity (Wildman–Crippen MR) is 84.9 cm³/mol. The van der Waals surface area contributed by atoms with E-state index in [0.717, 1.165) is 18.4 Å². The van der Waals surface area contributed by atoms with Crippen molar-refractivity contribution in [1.82, 2.24) is 15.2 Å². The second-order valence-corrected chi connectivity index (χ2v) is 6.45. The lowest BCUT2D eigenvalue weighted by atomic mass is 9.79. The van der Waals surface area contributed by atoms with Crippen LogP contribution in [0.15, 0.2) is 24.5 Å². The summed E-state index contributed by atoms with van der Waals surface area (Å²) < 4.78 is 0. The van der Waals surface area contributed by atoms with Crippen molar-refractivity contribution in [2.75, 3.05) is 5.32 Å². The number of anilines is 1. The number of carbonyl (C=O) groups excluding carboxylic acids is 1. The second kappa shape index (κ2) is 6.82. The zero-order valence-corrected chi connectivity index (χ0v) is 13.1. The molecular formula is C15H16N4O3S. The molecule has 8 heteroatoms. The number of aliphatic carboxylic acids is 1. The van der Waals surface area contributed by atoms with Crippen LogP contribution < -0.4 is 5.32 Å². The van der Waals surface area contributed by atoms with E-state index in [1.807, 2.05) is 12.1 Å². The minimum atomic E-state index is -0.903. The smallest absolute Gasteiger partial charge is 0.307 e. The van der Waals surface area contributed by atoms with Crippen molar-refractivity contribution >= 4 is 28.3 Å². The number of hydrogen-bond donors (Lipinski definition) is 2. The molecule has 1 fully saturated rings. The fourth-order valence-corrected chi connectivity index (χ4v) is 3.58. The average Bonchev–Trinajstić information content (AvgIpc) is 3.04. The number of rotatable bonds is 4. The van der Waals surface area contributed by atoms with Gasteiger partial charge >= 0.3 is 5.97 Å². The van der Waals surface area contributed by atoms with Crippen LogP contribution in [0.4, 0.5) is 5.13 Å². The van der Waals surface area contributed by atoms with Gasteiger partial charge in [0, 0.05) is 18.0 Å². The molecule has 2 aromatic rings. The first kappa shape index (κ1) is 15.5. The van der Waals surface area contributed by atoms with Crippen molar-refractivity contribution in [3.63, 3.8) is 0 Å². The predicted octanol–water partition coefficient (Wildman–Crippen LogP) is 2.43. The fourth-order valence-electron chi connectivity index (χ4n) is 2.82. The summed E-state index contributed by atoms with van der Waals surface area (Å²) in [5.41, 5.74) is 0.874. The quantitative estimate of drug-likeness (QED) is 0.891. The van der Waals surface area contributed by atoms with E-state index >= 15 is 0 Å². The number of hydrogen-bond acceptors (Lipinski definition) is 6. The summed E-state index contributed by atoms with van der Waals surface area (Å²) >= 11 is 1.26. The Hall–Kier alpha value is -2.35. The summed E-state index contributed by atoms with van der Waals surface area (Å²) in [6, 6.07) is 3.63. The van der Waals surface area contributed by atoms with Crippen LogP contribution in [0.25, 0.3) is 10.6 Å². The van der Waals surface area contributed by atoms with E-state index < -0.39 is 17.8 Å². The zero-order chi connectivity index (χ0) is 16.2. The Labute approximate surface area is 136 Å². The van der Waals surface area contributed by atoms with Gasteiger partial charge in [0.05, 0.1) is 11.8 Å². The maximum atomic E-state index is 12.4. The molecule has 0 spiro atoms. The minimum absolute atomic E-state index is 0.283. The Balaban J connectivity index is 1.70. The maximum Gasteiger partial charge on any atom is 0.307 e. The lowest BCUT2D eigenvalue weighted by Crippen LogP contribution is -2.36. The Morgan fingerprint density at radius 3 is 2.52 bits per heavy atom. The van der Waals surface area contributed by atoms with Crippen LogP contribution in [0.3, 0.4) is 0 Å². The normalized spacial score (nSPS) is 20.9. The molecule has 0 unspecified atom stereocenters. The average molecular weight is 332 g/mol. The molecule has 23 heavy (non-hydrogen) atoms. The maximum absolute atomic E-state index is 12.4. The number of nitrogens with one attached hydrogen (secondary N) is 1. The Morgan fingerprint density at radius 2 is 1.83 bits per heavy atom. The topological polar surface area (TPSA) is 105 Å². The molecule has 0 aliphatic heterocycles. The zero-order valence-electron chi connectivity index (χ0n) is 12.3. The summed E-state index contributed by atoms with van der Waals surface area (Å²) in [7, 11) is 0. The third-order valence-corrected chi connectivity index (χ3v) is 4.89. The molecule has 0 bridgehead atoms. The molecule has 1 saturated carbocycles. The standard InChI is InChI=1S/C15H16N4O3S/c20-12(10-3-1-2-4-11(10)14(21)22)17-15-19-18-13(23-15)9-5-7-16-8-6-9/h5-8,10-11H,1-4H2,(H,21,22)(H,17,19,20)/t10-,11-/m0/s1. The SMILES string of the molecule is O=C(O)[C@H]1CCCC[C@@H]1C(=O)Nc1nnc(-c2ccncc2)s1. The molecule has 2 aromatic heterocycles. The lowest BCUT2D eigenvalue weighted by Gasteiger charge is -2.26. The molecule has 2 N–H and O–H groups in total. The molecule has 0 aromatic carbocycles. The number of carboxylic acids is 1. The Bertz CT molecular complexity index is 704. The van der Waals surface area contributed by atoms with Crippen molar-refractivity contribution < 1.29 is 14.7 Å². The van der Waals surface area contributed by atoms with Gasteiger partial charge in [0.25, 0.3) is 0 Å². The molecule has 1 amide bonds. The van der Waals surface area contributed by atoms with Gasteiger partial charge in [-0.2, -0.15) is 0 Å². The minimum Gasteiger partial charge on any atom is -0.481 e. The highest BCUT2D eigenvalue weighted by atomic mass is 32.1. The molecule has 0 saturated heterocycles. The number of carbonyl (C=O) groups is 2. The summed E-state index contributed by atoms with van der Waals surface area (Å²) in [5.74, 6) is -2.31. The van der Waals surface area contributed by atoms with E-state index in [1.165, 1.54) is 11.3 Å². The van der Waals surface area contributed by atoms with Crippen LogP contribution >= 0.6 is 11.3 Å². The lowest BCUT2D eigenvalue weighted by molar-refractivity contribution is -0.147. The molecule has 0 radical (unpaired) electrons. The first-order valence-corrected chi connectivity index (χ1v) is 8.24. The number of carboxylic acid groups (broad SMARTS) is 1. The molecule has 3 rings (SSSR count). The fraction of sp³-hybridized carbons (Fsp3) is 0.400. The van der Waals surface area contributed by atoms with Crippen LogP contribution in [-0.2, 0) is 9.59 Å². The van der Waals surface area contributed by atoms with Gasteiger partial charge in [-0.05, 0) is 25.0 Å². The molecule has 1 aliphatic rings. The molecule has 120 valence electrons. The Morgan fingerprint density at radius 1 is 1.13 bits per heavy atom. The van der Waals surface area contributed by atoms with Crippen molar-refractivity contribution in [1.29, 1.82) is 0 Å². The molecule has 2 atom stereocenters. The van der Waals surface area contributed by atoms with E-state index in [1.54, 1.807) is 12.4 Å². The van der Waals surface area contributed by atoms with Gasteiger partial charge in [0.1, 0.15) is 5.01 Å². The third kappa shape index (κ3) is 3.53. The van der Waals surface area contributed by atoms with Crippen LogP contribution in [0.5, 0.6) is 0 Å². The third-order valence-electron chi connectivity index (χ3n) is 4.00. The number of amides is 1. The summed E-state index contributed by atoms with van der Waals surface area (Å²) in [5, 5.41) is 21.1. The largest absolute Gasteiger partial charge is 0.481 e. The molecular weight excluding hydrogens is 316 g/mol. The summed E-state index contributed by atoms with van der Waals surface area (Å²) in [6.07, 6.45) is 6.19. The molecule has 2 heterocycles. The first-order valence-electron chi connectivity index (χ1n) is 7.42. The van der Waals surface area contributed by atoms with Gasteiger partial charge in [-0.3, -0.25) is 14.6 Å². The number of aromatic nitrogens is 3. The van der Waals surface area contributed by atoms with E-state index in [9.17, 15) is 14.7 Å². The second-order valence-electron chi connectivity index (χ2n) is 5.47. The number of pyridine rings is 1. The van der Waals surface area contributed by atoms with Crippen molar-refractivity contribution in [3.05, 3.63) is 24.5 Å². The highest BCUT2D eigenvalue weighted by Crippen LogP contribution is 2.32. The van der Waals surface area contributed by atoms with Crippen molar-refractivity contribution in [3.8, 4) is 10.6 Å². The molecule has 7 nitrogen and oxygen atoms in total. The van der Waals surface area contributed by atoms with E-state index in [-0.39, 0.29) is 5.91 Å². The highest BCUT2D eigenvalue weighted by Gasteiger charge is 2.36. The van der Waals surface area contributed by atoms with Gasteiger partial charge in [0.2, 0.25) is 11.0 Å². The van der Waals surface area contributed by atoms with Crippen LogP contribution in [-0.4, -0.2) is 32.2 Å². The summed E-state index contributed by atoms with van der Waals surface area (Å²) in [6.45, 7) is 0. The van der Waals surface area contributed by atoms with E-state index in [4.69, 9.17) is 0 Å². The monoisotopic (exact) mass is 332 g/mol. The number of nitrogens with zero attached hydrogens (tertiary/aromatic N) is 3. The van der Waals surface area contributed by atoms with E-state index in [2.05, 4.69) is 20.5 Å². The van der Waals surface area contributed by atoms with Crippen molar-refractivity contribution in [2.45, 2.75) is 25.7 Å². The van der Waals surface area contributed by atoms with E-state index in [0.29, 0.717) is 23.0 Å². The molecule has 1 aliphatic carbocycles. The van der Waals surface area contributed by atoms with Crippen molar-refractivity contribution in [2.24, 2.45) is 11.8 Å². The van der Waals surface area contributed by atoms with Gasteiger partial charge < -0.3 is 10.4 Å². The van der Waals surface area contributed by atoms with Crippen LogP contribution in [0.1, 0.15) is 25.7 Å². The first-order chi connectivity index (χ1) is 11.1. The Kier molecular flexibility index (Phi) is 4.61. The summed E-state index contributed by atoms with van der Waals surface area (Å²) in [4.78, 5) is 27.6. The van der Waals surface area contributed by atoms with Crippen LogP contribution in [0.2, 0.25) is 0 Å². The van der Waals surface area contributed by atoms with Gasteiger partial charge in [0.15, 0.2) is 0 Å².